The Kier molecular flexibility index (Phi) is 5.51. The largest absolute Gasteiger partial charge is 0.465 e. The maximum absolute atomic E-state index is 10.9. The van der Waals surface area contributed by atoms with Crippen LogP contribution >= 0.6 is 15.9 Å². The molecule has 2 rings (SSSR count). The molecule has 1 aliphatic heterocycles. The van der Waals surface area contributed by atoms with Gasteiger partial charge in [-0.3, -0.25) is 19.7 Å². The molecule has 0 bridgehead atoms. The second-order valence-electron chi connectivity index (χ2n) is 3.36. The lowest BCUT2D eigenvalue weighted by Gasteiger charge is -1.93. The summed E-state index contributed by atoms with van der Waals surface area (Å²) in [6.45, 7) is 1.86. The van der Waals surface area contributed by atoms with Gasteiger partial charge in [0.15, 0.2) is 0 Å². The van der Waals surface area contributed by atoms with E-state index in [-0.39, 0.29) is 17.8 Å². The summed E-state index contributed by atoms with van der Waals surface area (Å²) in [5, 5.41) is 2.92. The van der Waals surface area contributed by atoms with E-state index in [0.717, 1.165) is 0 Å². The molecule has 0 unspecified atom stereocenters. The number of halogens is 1. The maximum atomic E-state index is 10.9. The van der Waals surface area contributed by atoms with Gasteiger partial charge < -0.3 is 4.74 Å². The summed E-state index contributed by atoms with van der Waals surface area (Å²) < 4.78 is 4.51. The van der Waals surface area contributed by atoms with Gasteiger partial charge in [0.1, 0.15) is 6.61 Å². The molecule has 96 valence electrons. The Morgan fingerprint density at radius 2 is 1.72 bits per heavy atom. The molecule has 0 aromatic heterocycles. The Balaban J connectivity index is 0.000000203. The molecule has 1 heterocycles. The van der Waals surface area contributed by atoms with E-state index in [1.165, 1.54) is 6.92 Å². The van der Waals surface area contributed by atoms with Crippen LogP contribution in [0.3, 0.4) is 0 Å². The SMILES string of the molecule is CC(=O)OCCBr.O=C1NC(=O)c2ccccc21. The van der Waals surface area contributed by atoms with Gasteiger partial charge in [0.25, 0.3) is 11.8 Å². The Morgan fingerprint density at radius 1 is 1.22 bits per heavy atom. The van der Waals surface area contributed by atoms with E-state index in [0.29, 0.717) is 23.1 Å². The summed E-state index contributed by atoms with van der Waals surface area (Å²) in [7, 11) is 0. The minimum absolute atomic E-state index is 0.223. The highest BCUT2D eigenvalue weighted by Gasteiger charge is 2.25. The van der Waals surface area contributed by atoms with E-state index < -0.39 is 0 Å². The third kappa shape index (κ3) is 3.96. The molecule has 0 atom stereocenters. The van der Waals surface area contributed by atoms with Crippen LogP contribution in [0.5, 0.6) is 0 Å². The Bertz CT molecular complexity index is 440. The van der Waals surface area contributed by atoms with Gasteiger partial charge in [-0.1, -0.05) is 28.1 Å². The van der Waals surface area contributed by atoms with Crippen molar-refractivity contribution in [3.05, 3.63) is 35.4 Å². The first-order valence-electron chi connectivity index (χ1n) is 5.20. The molecule has 0 spiro atoms. The molecule has 2 amide bonds. The zero-order chi connectivity index (χ0) is 13.5. The first-order valence-corrected chi connectivity index (χ1v) is 6.32. The van der Waals surface area contributed by atoms with E-state index >= 15 is 0 Å². The monoisotopic (exact) mass is 313 g/mol. The second-order valence-corrected chi connectivity index (χ2v) is 4.15. The molecule has 0 radical (unpaired) electrons. The molecule has 0 fully saturated rings. The minimum atomic E-state index is -0.300. The fourth-order valence-electron chi connectivity index (χ4n) is 1.30. The quantitative estimate of drug-likeness (QED) is 0.510. The first kappa shape index (κ1) is 14.4. The van der Waals surface area contributed by atoms with Crippen LogP contribution in [0.15, 0.2) is 24.3 Å². The highest BCUT2D eigenvalue weighted by Crippen LogP contribution is 2.13. The Morgan fingerprint density at radius 3 is 2.06 bits per heavy atom. The number of hydrogen-bond donors (Lipinski definition) is 1. The van der Waals surface area contributed by atoms with Crippen LogP contribution in [0.1, 0.15) is 27.6 Å². The predicted molar refractivity (Wildman–Crippen MR) is 68.7 cm³/mol. The van der Waals surface area contributed by atoms with Gasteiger partial charge in [0.2, 0.25) is 0 Å². The molecule has 1 N–H and O–H groups in total. The number of ether oxygens (including phenoxy) is 1. The van der Waals surface area contributed by atoms with Gasteiger partial charge >= 0.3 is 5.97 Å². The lowest BCUT2D eigenvalue weighted by Crippen LogP contribution is -2.19. The number of alkyl halides is 1. The lowest BCUT2D eigenvalue weighted by molar-refractivity contribution is -0.140. The fraction of sp³-hybridized carbons (Fsp3) is 0.250. The fourth-order valence-corrected chi connectivity index (χ4v) is 1.46. The van der Waals surface area contributed by atoms with Crippen LogP contribution in [0.4, 0.5) is 0 Å². The lowest BCUT2D eigenvalue weighted by atomic mass is 10.1. The van der Waals surface area contributed by atoms with Gasteiger partial charge in [-0.2, -0.15) is 0 Å². The van der Waals surface area contributed by atoms with Crippen molar-refractivity contribution >= 4 is 33.7 Å². The number of hydrogen-bond acceptors (Lipinski definition) is 4. The van der Waals surface area contributed by atoms with E-state index in [4.69, 9.17) is 0 Å². The first-order chi connectivity index (χ1) is 8.56. The van der Waals surface area contributed by atoms with Crippen LogP contribution in [0.25, 0.3) is 0 Å². The van der Waals surface area contributed by atoms with Crippen molar-refractivity contribution in [2.45, 2.75) is 6.92 Å². The number of nitrogens with one attached hydrogen (secondary N) is 1. The van der Waals surface area contributed by atoms with Crippen LogP contribution in [0.2, 0.25) is 0 Å². The van der Waals surface area contributed by atoms with Crippen molar-refractivity contribution in [1.29, 1.82) is 0 Å². The van der Waals surface area contributed by atoms with Crippen LogP contribution in [-0.4, -0.2) is 29.7 Å². The van der Waals surface area contributed by atoms with Crippen molar-refractivity contribution in [3.8, 4) is 0 Å². The number of esters is 1. The molecule has 1 aromatic carbocycles. The van der Waals surface area contributed by atoms with E-state index in [1.54, 1.807) is 24.3 Å². The topological polar surface area (TPSA) is 72.5 Å². The molecule has 1 aliphatic rings. The standard InChI is InChI=1S/C8H5NO2.C4H7BrO2/c10-7-5-3-1-2-4-6(5)8(11)9-7;1-4(6)7-3-2-5/h1-4H,(H,9,10,11);2-3H2,1H3. The summed E-state index contributed by atoms with van der Waals surface area (Å²) >= 11 is 3.10. The molecule has 1 aromatic rings. The zero-order valence-electron chi connectivity index (χ0n) is 9.73. The summed E-state index contributed by atoms with van der Waals surface area (Å²) in [6, 6.07) is 6.74. The third-order valence-electron chi connectivity index (χ3n) is 2.03. The molecule has 6 heteroatoms. The summed E-state index contributed by atoms with van der Waals surface area (Å²) in [5.74, 6) is -0.823. The van der Waals surface area contributed by atoms with E-state index in [1.807, 2.05) is 0 Å². The van der Waals surface area contributed by atoms with Crippen molar-refractivity contribution in [3.63, 3.8) is 0 Å². The second kappa shape index (κ2) is 6.90. The van der Waals surface area contributed by atoms with E-state index in [9.17, 15) is 14.4 Å². The number of imide groups is 1. The van der Waals surface area contributed by atoms with Gasteiger partial charge in [0, 0.05) is 12.3 Å². The average Bonchev–Trinajstić information content (AvgIpc) is 2.64. The van der Waals surface area contributed by atoms with Gasteiger partial charge in [-0.25, -0.2) is 0 Å². The van der Waals surface area contributed by atoms with E-state index in [2.05, 4.69) is 26.0 Å². The van der Waals surface area contributed by atoms with Crippen molar-refractivity contribution in [2.24, 2.45) is 0 Å². The summed E-state index contributed by atoms with van der Waals surface area (Å²) in [4.78, 5) is 31.8. The molecule has 0 saturated carbocycles. The molecule has 0 aliphatic carbocycles. The number of fused-ring (bicyclic) bond motifs is 1. The highest BCUT2D eigenvalue weighted by atomic mass is 79.9. The number of amides is 2. The molecular formula is C12H12BrNO4. The highest BCUT2D eigenvalue weighted by molar-refractivity contribution is 9.09. The third-order valence-corrected chi connectivity index (χ3v) is 2.35. The smallest absolute Gasteiger partial charge is 0.302 e. The van der Waals surface area contributed by atoms with Gasteiger partial charge in [-0.05, 0) is 12.1 Å². The predicted octanol–water partition coefficient (Wildman–Crippen LogP) is 1.51. The molecule has 0 saturated heterocycles. The van der Waals surface area contributed by atoms with Gasteiger partial charge in [-0.15, -0.1) is 0 Å². The summed E-state index contributed by atoms with van der Waals surface area (Å²) in [5.41, 5.74) is 0.940. The Hall–Kier alpha value is -1.69. The van der Waals surface area contributed by atoms with Crippen LogP contribution in [0, 0.1) is 0 Å². The molecular weight excluding hydrogens is 302 g/mol. The zero-order valence-corrected chi connectivity index (χ0v) is 11.3. The van der Waals surface area contributed by atoms with Crippen molar-refractivity contribution in [2.75, 3.05) is 11.9 Å². The number of carbonyl (C=O) groups is 3. The van der Waals surface area contributed by atoms with Crippen molar-refractivity contribution in [1.82, 2.24) is 5.32 Å². The molecule has 18 heavy (non-hydrogen) atoms. The maximum Gasteiger partial charge on any atom is 0.302 e. The average molecular weight is 314 g/mol. The normalized spacial score (nSPS) is 12.1. The Labute approximate surface area is 113 Å². The summed E-state index contributed by atoms with van der Waals surface area (Å²) in [6.07, 6.45) is 0. The number of rotatable bonds is 2. The molecule has 5 nitrogen and oxygen atoms in total. The van der Waals surface area contributed by atoms with Crippen LogP contribution < -0.4 is 5.32 Å². The minimum Gasteiger partial charge on any atom is -0.465 e. The van der Waals surface area contributed by atoms with Crippen molar-refractivity contribution < 1.29 is 19.1 Å². The van der Waals surface area contributed by atoms with Gasteiger partial charge in [0.05, 0.1) is 11.1 Å². The van der Waals surface area contributed by atoms with Crippen LogP contribution in [-0.2, 0) is 9.53 Å². The number of benzene rings is 1. The number of carbonyl (C=O) groups excluding carboxylic acids is 3.